The number of nitrogens with zero attached hydrogens (tertiary/aromatic N) is 5. The second kappa shape index (κ2) is 10.7. The number of aryl methyl sites for hydroxylation is 1. The van der Waals surface area contributed by atoms with Crippen LogP contribution in [0.15, 0.2) is 55.1 Å². The van der Waals surface area contributed by atoms with E-state index in [9.17, 15) is 9.18 Å². The molecule has 3 N–H and O–H groups in total. The van der Waals surface area contributed by atoms with Crippen molar-refractivity contribution >= 4 is 28.6 Å². The number of aromatic nitrogens is 5. The molecule has 9 nitrogen and oxygen atoms in total. The number of benzene rings is 1. The number of carbonyl (C=O) groups excluding carboxylic acids is 1. The fraction of sp³-hybridized carbons (Fsp3) is 0.304. The molecule has 0 saturated carbocycles. The van der Waals surface area contributed by atoms with Crippen molar-refractivity contribution in [3.63, 3.8) is 0 Å². The lowest BCUT2D eigenvalue weighted by Crippen LogP contribution is -2.17. The summed E-state index contributed by atoms with van der Waals surface area (Å²) < 4.78 is 17.3. The van der Waals surface area contributed by atoms with Crippen molar-refractivity contribution in [1.82, 2.24) is 29.8 Å². The Balaban J connectivity index is 1.33. The van der Waals surface area contributed by atoms with Gasteiger partial charge in [0.1, 0.15) is 11.5 Å². The Morgan fingerprint density at radius 1 is 1.12 bits per heavy atom. The normalized spacial score (nSPS) is 11.1. The SMILES string of the molecule is O=C(CCCCCCn1cc(Nc2ncc3ccn(Cc4cccc(F)c4)c3n2)cn1)NO. The van der Waals surface area contributed by atoms with E-state index in [1.807, 2.05) is 33.8 Å². The van der Waals surface area contributed by atoms with Crippen molar-refractivity contribution in [2.45, 2.75) is 45.2 Å². The number of hydrogen-bond acceptors (Lipinski definition) is 6. The molecule has 1 aromatic carbocycles. The molecule has 0 spiro atoms. The Morgan fingerprint density at radius 2 is 2.00 bits per heavy atom. The molecule has 4 rings (SSSR count). The van der Waals surface area contributed by atoms with Crippen LogP contribution >= 0.6 is 0 Å². The molecular weight excluding hydrogens is 425 g/mol. The van der Waals surface area contributed by atoms with Crippen LogP contribution in [0.1, 0.15) is 37.7 Å². The van der Waals surface area contributed by atoms with Gasteiger partial charge in [0.15, 0.2) is 0 Å². The fourth-order valence-electron chi connectivity index (χ4n) is 3.64. The van der Waals surface area contributed by atoms with Gasteiger partial charge in [-0.15, -0.1) is 0 Å². The number of hydroxylamine groups is 1. The van der Waals surface area contributed by atoms with Crippen LogP contribution in [0, 0.1) is 5.82 Å². The summed E-state index contributed by atoms with van der Waals surface area (Å²) in [4.78, 5) is 20.0. The molecule has 1 amide bonds. The van der Waals surface area contributed by atoms with Crippen molar-refractivity contribution in [3.8, 4) is 0 Å². The molecule has 0 fully saturated rings. The maximum Gasteiger partial charge on any atom is 0.243 e. The molecule has 3 aromatic heterocycles. The summed E-state index contributed by atoms with van der Waals surface area (Å²) >= 11 is 0. The molecule has 4 aromatic rings. The van der Waals surface area contributed by atoms with E-state index < -0.39 is 0 Å². The first-order valence-electron chi connectivity index (χ1n) is 10.9. The Labute approximate surface area is 190 Å². The van der Waals surface area contributed by atoms with E-state index in [1.165, 1.54) is 12.1 Å². The highest BCUT2D eigenvalue weighted by Gasteiger charge is 2.08. The number of anilines is 2. The lowest BCUT2D eigenvalue weighted by Gasteiger charge is -2.07. The number of hydrogen-bond donors (Lipinski definition) is 3. The third kappa shape index (κ3) is 6.13. The predicted octanol–water partition coefficient (Wildman–Crippen LogP) is 4.01. The van der Waals surface area contributed by atoms with E-state index in [-0.39, 0.29) is 11.7 Å². The number of rotatable bonds is 11. The van der Waals surface area contributed by atoms with Crippen molar-refractivity contribution < 1.29 is 14.4 Å². The molecule has 0 saturated heterocycles. The lowest BCUT2D eigenvalue weighted by molar-refractivity contribution is -0.129. The van der Waals surface area contributed by atoms with E-state index in [4.69, 9.17) is 5.21 Å². The summed E-state index contributed by atoms with van der Waals surface area (Å²) in [5, 5.41) is 16.9. The van der Waals surface area contributed by atoms with Crippen LogP contribution in [-0.2, 0) is 17.9 Å². The quantitative estimate of drug-likeness (QED) is 0.181. The number of halogens is 1. The van der Waals surface area contributed by atoms with Crippen LogP contribution in [0.2, 0.25) is 0 Å². The molecule has 172 valence electrons. The molecule has 0 aliphatic carbocycles. The van der Waals surface area contributed by atoms with Gasteiger partial charge < -0.3 is 9.88 Å². The molecule has 0 aliphatic heterocycles. The first-order chi connectivity index (χ1) is 16.1. The topological polar surface area (TPSA) is 110 Å². The summed E-state index contributed by atoms with van der Waals surface area (Å²) in [7, 11) is 0. The number of carbonyl (C=O) groups is 1. The van der Waals surface area contributed by atoms with Crippen LogP contribution in [0.25, 0.3) is 11.0 Å². The highest BCUT2D eigenvalue weighted by Crippen LogP contribution is 2.19. The lowest BCUT2D eigenvalue weighted by atomic mass is 10.1. The molecule has 0 bridgehead atoms. The minimum Gasteiger partial charge on any atom is -0.328 e. The average molecular weight is 452 g/mol. The largest absolute Gasteiger partial charge is 0.328 e. The van der Waals surface area contributed by atoms with Crippen LogP contribution in [-0.4, -0.2) is 35.4 Å². The maximum atomic E-state index is 13.5. The van der Waals surface area contributed by atoms with Gasteiger partial charge in [-0.25, -0.2) is 14.9 Å². The molecule has 0 unspecified atom stereocenters. The van der Waals surface area contributed by atoms with E-state index in [0.717, 1.165) is 54.5 Å². The van der Waals surface area contributed by atoms with Crippen LogP contribution in [0.5, 0.6) is 0 Å². The smallest absolute Gasteiger partial charge is 0.243 e. The Morgan fingerprint density at radius 3 is 2.85 bits per heavy atom. The highest BCUT2D eigenvalue weighted by molar-refractivity contribution is 5.77. The second-order valence-electron chi connectivity index (χ2n) is 7.86. The molecule has 0 atom stereocenters. The van der Waals surface area contributed by atoms with Crippen molar-refractivity contribution in [1.29, 1.82) is 0 Å². The molecule has 3 heterocycles. The van der Waals surface area contributed by atoms with E-state index in [1.54, 1.807) is 23.9 Å². The van der Waals surface area contributed by atoms with Gasteiger partial charge >= 0.3 is 0 Å². The zero-order valence-electron chi connectivity index (χ0n) is 18.1. The van der Waals surface area contributed by atoms with E-state index in [0.29, 0.717) is 18.9 Å². The molecular formula is C23H26FN7O2. The molecule has 0 aliphatic rings. The molecule has 0 radical (unpaired) electrons. The van der Waals surface area contributed by atoms with Gasteiger partial charge in [-0.1, -0.05) is 25.0 Å². The van der Waals surface area contributed by atoms with E-state index in [2.05, 4.69) is 20.4 Å². The first kappa shape index (κ1) is 22.4. The monoisotopic (exact) mass is 451 g/mol. The predicted molar refractivity (Wildman–Crippen MR) is 122 cm³/mol. The average Bonchev–Trinajstić information content (AvgIpc) is 3.42. The van der Waals surface area contributed by atoms with E-state index >= 15 is 0 Å². The summed E-state index contributed by atoms with van der Waals surface area (Å²) in [6.07, 6.45) is 11.2. The maximum absolute atomic E-state index is 13.5. The van der Waals surface area contributed by atoms with Crippen LogP contribution in [0.3, 0.4) is 0 Å². The minimum absolute atomic E-state index is 0.257. The number of unbranched alkanes of at least 4 members (excludes halogenated alkanes) is 3. The van der Waals surface area contributed by atoms with Gasteiger partial charge in [-0.05, 0) is 36.6 Å². The van der Waals surface area contributed by atoms with Gasteiger partial charge in [-0.2, -0.15) is 10.1 Å². The van der Waals surface area contributed by atoms with Gasteiger partial charge in [0, 0.05) is 43.5 Å². The van der Waals surface area contributed by atoms with Crippen molar-refractivity contribution in [3.05, 3.63) is 66.5 Å². The Kier molecular flexibility index (Phi) is 7.26. The number of amides is 1. The number of fused-ring (bicyclic) bond motifs is 1. The summed E-state index contributed by atoms with van der Waals surface area (Å²) in [6.45, 7) is 1.28. The van der Waals surface area contributed by atoms with Crippen molar-refractivity contribution in [2.24, 2.45) is 0 Å². The molecule has 33 heavy (non-hydrogen) atoms. The third-order valence-electron chi connectivity index (χ3n) is 5.30. The molecule has 10 heteroatoms. The Hall–Kier alpha value is -3.79. The van der Waals surface area contributed by atoms with Gasteiger partial charge in [0.05, 0.1) is 11.9 Å². The van der Waals surface area contributed by atoms with Crippen LogP contribution < -0.4 is 10.8 Å². The third-order valence-corrected chi connectivity index (χ3v) is 5.30. The van der Waals surface area contributed by atoms with Gasteiger partial charge in [0.25, 0.3) is 0 Å². The standard InChI is InChI=1S/C23H26FN7O2/c24-19-7-5-6-17(12-19)15-30-11-9-18-13-25-23(28-22(18)30)27-20-14-26-31(16-20)10-4-2-1-3-8-21(32)29-33/h5-7,9,11-14,16,33H,1-4,8,10,15H2,(H,29,32)(H,25,27,28). The zero-order chi connectivity index (χ0) is 23.0. The fourth-order valence-corrected chi connectivity index (χ4v) is 3.64. The summed E-state index contributed by atoms with van der Waals surface area (Å²) in [5.74, 6) is -0.144. The second-order valence-corrected chi connectivity index (χ2v) is 7.86. The van der Waals surface area contributed by atoms with Gasteiger partial charge in [0.2, 0.25) is 11.9 Å². The minimum atomic E-state index is -0.348. The van der Waals surface area contributed by atoms with Crippen LogP contribution in [0.4, 0.5) is 16.0 Å². The summed E-state index contributed by atoms with van der Waals surface area (Å²) in [6, 6.07) is 8.47. The van der Waals surface area contributed by atoms with Gasteiger partial charge in [-0.3, -0.25) is 14.7 Å². The highest BCUT2D eigenvalue weighted by atomic mass is 19.1. The van der Waals surface area contributed by atoms with Crippen molar-refractivity contribution in [2.75, 3.05) is 5.32 Å². The Bertz CT molecular complexity index is 1220. The zero-order valence-corrected chi connectivity index (χ0v) is 18.1. The number of nitrogens with one attached hydrogen (secondary N) is 2. The summed E-state index contributed by atoms with van der Waals surface area (Å²) in [5.41, 5.74) is 4.06. The first-order valence-corrected chi connectivity index (χ1v) is 10.9.